The van der Waals surface area contributed by atoms with Crippen molar-refractivity contribution in [1.29, 1.82) is 0 Å². The second-order valence-corrected chi connectivity index (χ2v) is 6.36. The van der Waals surface area contributed by atoms with Crippen molar-refractivity contribution in [2.75, 3.05) is 6.26 Å². The summed E-state index contributed by atoms with van der Waals surface area (Å²) in [5, 5.41) is 14.4. The van der Waals surface area contributed by atoms with Crippen LogP contribution >= 0.6 is 11.8 Å². The number of aromatic amines is 1. The summed E-state index contributed by atoms with van der Waals surface area (Å²) >= 11 is 1.90. The van der Waals surface area contributed by atoms with Crippen molar-refractivity contribution in [2.45, 2.75) is 37.0 Å². The number of aromatic nitrogens is 3. The lowest BCUT2D eigenvalue weighted by atomic mass is 9.94. The van der Waals surface area contributed by atoms with Crippen molar-refractivity contribution in [1.82, 2.24) is 20.7 Å². The molecule has 5 nitrogen and oxygen atoms in total. The van der Waals surface area contributed by atoms with Gasteiger partial charge in [-0.05, 0) is 43.7 Å². The minimum atomic E-state index is -0.0124. The Bertz CT molecular complexity index is 612. The fraction of sp³-hybridized carbons (Fsp3) is 0.500. The molecule has 2 N–H and O–H groups in total. The first-order chi connectivity index (χ1) is 9.76. The van der Waals surface area contributed by atoms with E-state index in [4.69, 9.17) is 0 Å². The summed E-state index contributed by atoms with van der Waals surface area (Å²) in [7, 11) is 0. The van der Waals surface area contributed by atoms with Crippen molar-refractivity contribution < 1.29 is 4.79 Å². The molecular weight excluding hydrogens is 272 g/mol. The molecule has 6 heteroatoms. The summed E-state index contributed by atoms with van der Waals surface area (Å²) in [6.45, 7) is 0. The predicted octanol–water partition coefficient (Wildman–Crippen LogP) is 2.36. The van der Waals surface area contributed by atoms with Gasteiger partial charge in [-0.1, -0.05) is 6.42 Å². The largest absolute Gasteiger partial charge is 0.349 e. The first-order valence-electron chi connectivity index (χ1n) is 6.90. The molecule has 1 saturated carbocycles. The van der Waals surface area contributed by atoms with Crippen LogP contribution in [0.5, 0.6) is 0 Å². The molecule has 1 aliphatic rings. The van der Waals surface area contributed by atoms with Crippen molar-refractivity contribution in [3.63, 3.8) is 0 Å². The van der Waals surface area contributed by atoms with Gasteiger partial charge in [0.2, 0.25) is 0 Å². The first-order valence-corrected chi connectivity index (χ1v) is 8.19. The molecule has 1 heterocycles. The lowest BCUT2D eigenvalue weighted by Crippen LogP contribution is -2.39. The Kier molecular flexibility index (Phi) is 3.91. The maximum absolute atomic E-state index is 12.3. The number of rotatable bonds is 3. The number of thioether (sulfide) groups is 1. The molecule has 0 spiro atoms. The van der Waals surface area contributed by atoms with Crippen LogP contribution in [0, 0.1) is 0 Å². The Morgan fingerprint density at radius 3 is 3.05 bits per heavy atom. The molecule has 2 atom stereocenters. The topological polar surface area (TPSA) is 70.7 Å². The van der Waals surface area contributed by atoms with Crippen LogP contribution in [0.2, 0.25) is 0 Å². The minimum absolute atomic E-state index is 0.0124. The van der Waals surface area contributed by atoms with E-state index in [1.54, 1.807) is 12.1 Å². The van der Waals surface area contributed by atoms with E-state index in [9.17, 15) is 4.79 Å². The summed E-state index contributed by atoms with van der Waals surface area (Å²) in [6.07, 6.45) is 6.75. The Labute approximate surface area is 121 Å². The van der Waals surface area contributed by atoms with Crippen LogP contribution in [0.4, 0.5) is 0 Å². The quantitative estimate of drug-likeness (QED) is 0.910. The normalized spacial score (nSPS) is 22.9. The molecule has 0 radical (unpaired) electrons. The van der Waals surface area contributed by atoms with Crippen LogP contribution in [0.15, 0.2) is 18.2 Å². The van der Waals surface area contributed by atoms with Gasteiger partial charge in [0.05, 0.1) is 0 Å². The third kappa shape index (κ3) is 2.80. The predicted molar refractivity (Wildman–Crippen MR) is 80.9 cm³/mol. The maximum atomic E-state index is 12.3. The number of carbonyl (C=O) groups is 1. The van der Waals surface area contributed by atoms with Gasteiger partial charge >= 0.3 is 0 Å². The highest BCUT2D eigenvalue weighted by Gasteiger charge is 2.23. The molecule has 1 aliphatic carbocycles. The molecule has 0 unspecified atom stereocenters. The highest BCUT2D eigenvalue weighted by atomic mass is 32.2. The van der Waals surface area contributed by atoms with Gasteiger partial charge in [0, 0.05) is 16.9 Å². The highest BCUT2D eigenvalue weighted by Crippen LogP contribution is 2.27. The van der Waals surface area contributed by atoms with Gasteiger partial charge in [0.25, 0.3) is 5.91 Å². The van der Waals surface area contributed by atoms with Crippen LogP contribution in [0.25, 0.3) is 11.0 Å². The molecule has 0 saturated heterocycles. The summed E-state index contributed by atoms with van der Waals surface area (Å²) in [4.78, 5) is 12.3. The highest BCUT2D eigenvalue weighted by molar-refractivity contribution is 7.99. The van der Waals surface area contributed by atoms with Crippen LogP contribution in [-0.2, 0) is 0 Å². The van der Waals surface area contributed by atoms with Crippen molar-refractivity contribution in [2.24, 2.45) is 0 Å². The molecule has 106 valence electrons. The fourth-order valence-electron chi connectivity index (χ4n) is 2.74. The van der Waals surface area contributed by atoms with Crippen molar-refractivity contribution >= 4 is 28.7 Å². The van der Waals surface area contributed by atoms with E-state index in [2.05, 4.69) is 27.0 Å². The Morgan fingerprint density at radius 1 is 1.35 bits per heavy atom. The number of hydrogen-bond acceptors (Lipinski definition) is 4. The zero-order valence-corrected chi connectivity index (χ0v) is 12.2. The van der Waals surface area contributed by atoms with E-state index >= 15 is 0 Å². The molecule has 1 fully saturated rings. The van der Waals surface area contributed by atoms with Crippen LogP contribution in [0.3, 0.4) is 0 Å². The Balaban J connectivity index is 1.69. The van der Waals surface area contributed by atoms with Gasteiger partial charge in [-0.25, -0.2) is 0 Å². The number of nitrogens with zero attached hydrogens (tertiary/aromatic N) is 2. The number of amides is 1. The molecule has 0 bridgehead atoms. The number of hydrogen-bond donors (Lipinski definition) is 2. The van der Waals surface area contributed by atoms with Gasteiger partial charge in [-0.2, -0.15) is 27.2 Å². The van der Waals surface area contributed by atoms with E-state index in [-0.39, 0.29) is 5.91 Å². The number of fused-ring (bicyclic) bond motifs is 1. The number of carbonyl (C=O) groups excluding carboxylic acids is 1. The van der Waals surface area contributed by atoms with Crippen LogP contribution in [-0.4, -0.2) is 38.9 Å². The minimum Gasteiger partial charge on any atom is -0.349 e. The van der Waals surface area contributed by atoms with Crippen LogP contribution in [0.1, 0.15) is 36.0 Å². The van der Waals surface area contributed by atoms with E-state index in [0.29, 0.717) is 16.9 Å². The molecule has 2 aromatic rings. The molecule has 1 aromatic carbocycles. The SMILES string of the molecule is CS[C@H]1CCC[C@H](NC(=O)c2ccc3n[nH]nc3c2)C1. The molecule has 20 heavy (non-hydrogen) atoms. The number of H-pyrrole nitrogens is 1. The first kappa shape index (κ1) is 13.4. The van der Waals surface area contributed by atoms with Crippen molar-refractivity contribution in [3.8, 4) is 0 Å². The molecule has 3 rings (SSSR count). The van der Waals surface area contributed by atoms with Gasteiger partial charge in [-0.15, -0.1) is 0 Å². The third-order valence-electron chi connectivity index (χ3n) is 3.87. The van der Waals surface area contributed by atoms with Gasteiger partial charge in [-0.3, -0.25) is 4.79 Å². The van der Waals surface area contributed by atoms with Gasteiger partial charge < -0.3 is 5.32 Å². The molecule has 0 aliphatic heterocycles. The maximum Gasteiger partial charge on any atom is 0.251 e. The lowest BCUT2D eigenvalue weighted by molar-refractivity contribution is 0.0928. The smallest absolute Gasteiger partial charge is 0.251 e. The third-order valence-corrected chi connectivity index (χ3v) is 4.97. The summed E-state index contributed by atoms with van der Waals surface area (Å²) in [5.41, 5.74) is 2.16. The summed E-state index contributed by atoms with van der Waals surface area (Å²) in [6, 6.07) is 5.69. The van der Waals surface area contributed by atoms with E-state index < -0.39 is 0 Å². The summed E-state index contributed by atoms with van der Waals surface area (Å²) in [5.74, 6) is -0.0124. The fourth-order valence-corrected chi connectivity index (χ4v) is 3.57. The Hall–Kier alpha value is -1.56. The molecule has 1 amide bonds. The number of nitrogens with one attached hydrogen (secondary N) is 2. The van der Waals surface area contributed by atoms with Gasteiger partial charge in [0.1, 0.15) is 11.0 Å². The summed E-state index contributed by atoms with van der Waals surface area (Å²) < 4.78 is 0. The zero-order chi connectivity index (χ0) is 13.9. The molecular formula is C14H18N4OS. The van der Waals surface area contributed by atoms with E-state index in [1.807, 2.05) is 17.8 Å². The van der Waals surface area contributed by atoms with Gasteiger partial charge in [0.15, 0.2) is 0 Å². The van der Waals surface area contributed by atoms with Crippen molar-refractivity contribution in [3.05, 3.63) is 23.8 Å². The standard InChI is InChI=1S/C14H18N4OS/c1-20-11-4-2-3-10(8-11)15-14(19)9-5-6-12-13(7-9)17-18-16-12/h5-7,10-11H,2-4,8H2,1H3,(H,15,19)(H,16,17,18)/t10-,11-/m0/s1. The molecule has 1 aromatic heterocycles. The van der Waals surface area contributed by atoms with E-state index in [1.165, 1.54) is 12.8 Å². The average molecular weight is 290 g/mol. The second-order valence-electron chi connectivity index (χ2n) is 5.22. The van der Waals surface area contributed by atoms with Crippen LogP contribution < -0.4 is 5.32 Å². The second kappa shape index (κ2) is 5.83. The average Bonchev–Trinajstić information content (AvgIpc) is 2.94. The monoisotopic (exact) mass is 290 g/mol. The number of benzene rings is 1. The Morgan fingerprint density at radius 2 is 2.20 bits per heavy atom. The lowest BCUT2D eigenvalue weighted by Gasteiger charge is -2.28. The van der Waals surface area contributed by atoms with E-state index in [0.717, 1.165) is 23.9 Å². The zero-order valence-electron chi connectivity index (χ0n) is 11.4.